The Kier molecular flexibility index (Phi) is 4.45. The maximum atomic E-state index is 11.8. The first-order chi connectivity index (χ1) is 9.44. The third kappa shape index (κ3) is 3.19. The number of fused-ring (bicyclic) bond motifs is 1. The van der Waals surface area contributed by atoms with Crippen molar-refractivity contribution in [1.29, 1.82) is 0 Å². The fourth-order valence-electron chi connectivity index (χ4n) is 2.67. The highest BCUT2D eigenvalue weighted by Gasteiger charge is 2.34. The van der Waals surface area contributed by atoms with E-state index in [4.69, 9.17) is 4.74 Å². The molecule has 2 rings (SSSR count). The number of hydrogen-bond acceptors (Lipinski definition) is 5. The molecule has 0 saturated carbocycles. The Balaban J connectivity index is 2.05. The SMILES string of the molecule is CCOC(=O)C(C)(O)CN1CCCc2c(cnn2C)C1. The molecule has 6 heteroatoms. The highest BCUT2D eigenvalue weighted by atomic mass is 16.5. The van der Waals surface area contributed by atoms with Gasteiger partial charge in [-0.15, -0.1) is 0 Å². The molecule has 0 spiro atoms. The van der Waals surface area contributed by atoms with E-state index in [0.717, 1.165) is 19.4 Å². The summed E-state index contributed by atoms with van der Waals surface area (Å²) in [5.74, 6) is -0.560. The van der Waals surface area contributed by atoms with Crippen LogP contribution in [0.1, 0.15) is 31.5 Å². The van der Waals surface area contributed by atoms with Crippen molar-refractivity contribution in [3.63, 3.8) is 0 Å². The van der Waals surface area contributed by atoms with Gasteiger partial charge < -0.3 is 9.84 Å². The van der Waals surface area contributed by atoms with Gasteiger partial charge in [-0.2, -0.15) is 5.10 Å². The molecule has 1 aromatic rings. The minimum absolute atomic E-state index is 0.278. The van der Waals surface area contributed by atoms with E-state index in [0.29, 0.717) is 6.54 Å². The molecule has 1 aliphatic heterocycles. The molecule has 1 N–H and O–H groups in total. The zero-order chi connectivity index (χ0) is 14.8. The molecule has 1 aliphatic rings. The van der Waals surface area contributed by atoms with Crippen LogP contribution in [0.4, 0.5) is 0 Å². The molecule has 112 valence electrons. The van der Waals surface area contributed by atoms with E-state index in [2.05, 4.69) is 10.00 Å². The minimum Gasteiger partial charge on any atom is -0.464 e. The molecule has 20 heavy (non-hydrogen) atoms. The number of rotatable bonds is 4. The second-order valence-electron chi connectivity index (χ2n) is 5.55. The second kappa shape index (κ2) is 5.93. The van der Waals surface area contributed by atoms with Gasteiger partial charge in [-0.3, -0.25) is 9.58 Å². The molecule has 0 fully saturated rings. The molecule has 0 saturated heterocycles. The highest BCUT2D eigenvalue weighted by molar-refractivity contribution is 5.79. The van der Waals surface area contributed by atoms with Crippen LogP contribution in [-0.2, 0) is 29.5 Å². The number of ether oxygens (including phenoxy) is 1. The number of aromatic nitrogens is 2. The van der Waals surface area contributed by atoms with Gasteiger partial charge in [0.05, 0.1) is 12.8 Å². The number of esters is 1. The van der Waals surface area contributed by atoms with Gasteiger partial charge in [0.2, 0.25) is 0 Å². The molecule has 0 amide bonds. The van der Waals surface area contributed by atoms with Gasteiger partial charge in [0.1, 0.15) is 0 Å². The summed E-state index contributed by atoms with van der Waals surface area (Å²) < 4.78 is 6.83. The summed E-state index contributed by atoms with van der Waals surface area (Å²) in [6.45, 7) is 5.37. The Morgan fingerprint density at radius 1 is 1.60 bits per heavy atom. The molecule has 6 nitrogen and oxygen atoms in total. The van der Waals surface area contributed by atoms with Crippen LogP contribution in [0.25, 0.3) is 0 Å². The van der Waals surface area contributed by atoms with Crippen molar-refractivity contribution in [2.45, 2.75) is 38.8 Å². The zero-order valence-electron chi connectivity index (χ0n) is 12.4. The maximum absolute atomic E-state index is 11.8. The van der Waals surface area contributed by atoms with E-state index in [9.17, 15) is 9.90 Å². The Hall–Kier alpha value is -1.40. The zero-order valence-corrected chi connectivity index (χ0v) is 12.4. The first-order valence-corrected chi connectivity index (χ1v) is 7.05. The lowest BCUT2D eigenvalue weighted by Crippen LogP contribution is -2.47. The lowest BCUT2D eigenvalue weighted by atomic mass is 10.1. The molecule has 1 unspecified atom stereocenters. The molecular formula is C14H23N3O3. The van der Waals surface area contributed by atoms with Crippen molar-refractivity contribution >= 4 is 5.97 Å². The molecule has 1 atom stereocenters. The van der Waals surface area contributed by atoms with Gasteiger partial charge in [-0.05, 0) is 33.2 Å². The largest absolute Gasteiger partial charge is 0.464 e. The molecule has 0 aliphatic carbocycles. The summed E-state index contributed by atoms with van der Waals surface area (Å²) in [5.41, 5.74) is 0.941. The summed E-state index contributed by atoms with van der Waals surface area (Å²) in [6.07, 6.45) is 3.84. The van der Waals surface area contributed by atoms with Crippen LogP contribution in [0.15, 0.2) is 6.20 Å². The first-order valence-electron chi connectivity index (χ1n) is 7.05. The van der Waals surface area contributed by atoms with Gasteiger partial charge in [0.15, 0.2) is 5.60 Å². The number of aryl methyl sites for hydroxylation is 1. The van der Waals surface area contributed by atoms with E-state index >= 15 is 0 Å². The number of nitrogens with zero attached hydrogens (tertiary/aromatic N) is 3. The fourth-order valence-corrected chi connectivity index (χ4v) is 2.67. The second-order valence-corrected chi connectivity index (χ2v) is 5.55. The third-order valence-corrected chi connectivity index (χ3v) is 3.68. The smallest absolute Gasteiger partial charge is 0.339 e. The summed E-state index contributed by atoms with van der Waals surface area (Å²) in [4.78, 5) is 13.8. The standard InChI is InChI=1S/C14H23N3O3/c1-4-20-13(18)14(2,19)10-17-7-5-6-12-11(9-17)8-15-16(12)3/h8,19H,4-7,9-10H2,1-3H3. The van der Waals surface area contributed by atoms with Crippen molar-refractivity contribution in [3.8, 4) is 0 Å². The monoisotopic (exact) mass is 281 g/mol. The number of carbonyl (C=O) groups excluding carboxylic acids is 1. The Morgan fingerprint density at radius 3 is 3.05 bits per heavy atom. The Morgan fingerprint density at radius 2 is 2.35 bits per heavy atom. The van der Waals surface area contributed by atoms with E-state index in [-0.39, 0.29) is 13.2 Å². The van der Waals surface area contributed by atoms with Crippen LogP contribution in [0.2, 0.25) is 0 Å². The predicted molar refractivity (Wildman–Crippen MR) is 74.1 cm³/mol. The van der Waals surface area contributed by atoms with Gasteiger partial charge in [0, 0.05) is 31.4 Å². The van der Waals surface area contributed by atoms with Crippen LogP contribution in [0.3, 0.4) is 0 Å². The van der Waals surface area contributed by atoms with E-state index < -0.39 is 11.6 Å². The molecule has 0 radical (unpaired) electrons. The number of β-amino-alcohol motifs (C(OH)–C–C–N with tert-alkyl or cyclic N) is 1. The Bertz CT molecular complexity index is 482. The topological polar surface area (TPSA) is 67.6 Å². The van der Waals surface area contributed by atoms with Crippen molar-refractivity contribution < 1.29 is 14.6 Å². The molecule has 0 bridgehead atoms. The quantitative estimate of drug-likeness (QED) is 0.813. The van der Waals surface area contributed by atoms with Gasteiger partial charge in [-0.1, -0.05) is 0 Å². The summed E-state index contributed by atoms with van der Waals surface area (Å²) in [5, 5.41) is 14.5. The van der Waals surface area contributed by atoms with E-state index in [1.807, 2.05) is 17.9 Å². The summed E-state index contributed by atoms with van der Waals surface area (Å²) in [7, 11) is 1.95. The van der Waals surface area contributed by atoms with E-state index in [1.165, 1.54) is 18.2 Å². The van der Waals surface area contributed by atoms with Crippen LogP contribution in [0.5, 0.6) is 0 Å². The van der Waals surface area contributed by atoms with Crippen molar-refractivity contribution in [2.24, 2.45) is 7.05 Å². The van der Waals surface area contributed by atoms with Gasteiger partial charge >= 0.3 is 5.97 Å². The maximum Gasteiger partial charge on any atom is 0.339 e. The molecular weight excluding hydrogens is 258 g/mol. The van der Waals surface area contributed by atoms with Gasteiger partial charge in [0.25, 0.3) is 0 Å². The minimum atomic E-state index is -1.47. The van der Waals surface area contributed by atoms with Crippen LogP contribution in [-0.4, -0.2) is 51.1 Å². The predicted octanol–water partition coefficient (Wildman–Crippen LogP) is 0.482. The molecule has 2 heterocycles. The summed E-state index contributed by atoms with van der Waals surface area (Å²) >= 11 is 0. The number of hydrogen-bond donors (Lipinski definition) is 1. The molecule has 0 aromatic carbocycles. The number of aliphatic hydroxyl groups is 1. The fraction of sp³-hybridized carbons (Fsp3) is 0.714. The Labute approximate surface area is 119 Å². The average Bonchev–Trinajstić information content (AvgIpc) is 2.61. The molecule has 1 aromatic heterocycles. The van der Waals surface area contributed by atoms with Gasteiger partial charge in [-0.25, -0.2) is 4.79 Å². The van der Waals surface area contributed by atoms with Crippen molar-refractivity contribution in [1.82, 2.24) is 14.7 Å². The van der Waals surface area contributed by atoms with Crippen LogP contribution in [0, 0.1) is 0 Å². The van der Waals surface area contributed by atoms with Crippen molar-refractivity contribution in [3.05, 3.63) is 17.5 Å². The first kappa shape index (κ1) is 15.0. The number of carbonyl (C=O) groups is 1. The lowest BCUT2D eigenvalue weighted by molar-refractivity contribution is -0.165. The average molecular weight is 281 g/mol. The van der Waals surface area contributed by atoms with Crippen molar-refractivity contribution in [2.75, 3.05) is 19.7 Å². The van der Waals surface area contributed by atoms with Crippen LogP contribution < -0.4 is 0 Å². The van der Waals surface area contributed by atoms with E-state index in [1.54, 1.807) is 6.92 Å². The highest BCUT2D eigenvalue weighted by Crippen LogP contribution is 2.20. The lowest BCUT2D eigenvalue weighted by Gasteiger charge is -2.28. The van der Waals surface area contributed by atoms with Crippen LogP contribution >= 0.6 is 0 Å². The normalized spacial score (nSPS) is 19.0. The summed E-state index contributed by atoms with van der Waals surface area (Å²) in [6, 6.07) is 0. The third-order valence-electron chi connectivity index (χ3n) is 3.68.